The minimum absolute atomic E-state index is 0.112. The average molecular weight is 500 g/mol. The molecule has 0 unspecified atom stereocenters. The molecule has 6 heteroatoms. The molecule has 0 amide bonds. The van der Waals surface area contributed by atoms with Crippen molar-refractivity contribution >= 4 is 5.69 Å². The van der Waals surface area contributed by atoms with E-state index < -0.39 is 0 Å². The van der Waals surface area contributed by atoms with Gasteiger partial charge in [0.05, 0.1) is 20.8 Å². The van der Waals surface area contributed by atoms with Crippen molar-refractivity contribution in [2.45, 2.75) is 59.3 Å². The summed E-state index contributed by atoms with van der Waals surface area (Å²) in [6.45, 7) is 18.4. The molecule has 0 aliphatic rings. The second kappa shape index (κ2) is 14.8. The monoisotopic (exact) mass is 499 g/mol. The van der Waals surface area contributed by atoms with E-state index in [9.17, 15) is 13.2 Å². The summed E-state index contributed by atoms with van der Waals surface area (Å²) in [5, 5.41) is 0. The van der Waals surface area contributed by atoms with Gasteiger partial charge in [0.15, 0.2) is 11.6 Å². The Morgan fingerprint density at radius 1 is 0.667 bits per heavy atom. The summed E-state index contributed by atoms with van der Waals surface area (Å²) in [7, 11) is 3.01. The molecule has 194 valence electrons. The van der Waals surface area contributed by atoms with E-state index in [1.54, 1.807) is 42.5 Å². The van der Waals surface area contributed by atoms with E-state index in [1.807, 2.05) is 41.5 Å². The topological polar surface area (TPSA) is 22.8 Å². The van der Waals surface area contributed by atoms with E-state index in [4.69, 9.17) is 16.0 Å². The maximum atomic E-state index is 13.4. The Labute approximate surface area is 213 Å². The van der Waals surface area contributed by atoms with Crippen molar-refractivity contribution in [2.24, 2.45) is 0 Å². The minimum atomic E-state index is -0.373. The molecule has 0 aromatic heterocycles. The van der Waals surface area contributed by atoms with E-state index in [0.29, 0.717) is 22.6 Å². The van der Waals surface area contributed by atoms with Gasteiger partial charge < -0.3 is 9.47 Å². The lowest BCUT2D eigenvalue weighted by Gasteiger charge is -2.09. The maximum absolute atomic E-state index is 13.4. The molecule has 3 aromatic rings. The van der Waals surface area contributed by atoms with Crippen molar-refractivity contribution < 1.29 is 22.6 Å². The van der Waals surface area contributed by atoms with Crippen LogP contribution in [0.5, 0.6) is 11.5 Å². The summed E-state index contributed by atoms with van der Waals surface area (Å²) in [6, 6.07) is 15.1. The molecule has 36 heavy (non-hydrogen) atoms. The van der Waals surface area contributed by atoms with Crippen LogP contribution in [0.4, 0.5) is 18.9 Å². The standard InChI is InChI=1S/C10H10FN.2C10H13FO/c1-7(2)8-5-4-6-9(12-3)10(8)11;1-7(2)9-5-4-8(12-3)6-10(9)11;1-7(2)8-5-4-6-9(12-3)10(8)11/h4-7H,1-2H3;2*4-7H,1-3H3. The lowest BCUT2D eigenvalue weighted by atomic mass is 10.0. The molecule has 3 nitrogen and oxygen atoms in total. The Morgan fingerprint density at radius 3 is 1.64 bits per heavy atom. The second-order valence-electron chi connectivity index (χ2n) is 9.01. The summed E-state index contributed by atoms with van der Waals surface area (Å²) in [4.78, 5) is 3.09. The van der Waals surface area contributed by atoms with E-state index in [0.717, 1.165) is 5.56 Å². The molecule has 0 spiro atoms. The van der Waals surface area contributed by atoms with Gasteiger partial charge in [0.1, 0.15) is 17.4 Å². The van der Waals surface area contributed by atoms with E-state index in [1.165, 1.54) is 26.4 Å². The predicted molar refractivity (Wildman–Crippen MR) is 141 cm³/mol. The molecule has 0 atom stereocenters. The molecular weight excluding hydrogens is 463 g/mol. The van der Waals surface area contributed by atoms with Crippen molar-refractivity contribution in [2.75, 3.05) is 14.2 Å². The smallest absolute Gasteiger partial charge is 0.222 e. The molecule has 0 fully saturated rings. The Balaban J connectivity index is 0.000000270. The van der Waals surface area contributed by atoms with Crippen molar-refractivity contribution in [3.05, 3.63) is 100 Å². The van der Waals surface area contributed by atoms with Crippen LogP contribution in [0.25, 0.3) is 4.85 Å². The lowest BCUT2D eigenvalue weighted by Crippen LogP contribution is -1.96. The zero-order chi connectivity index (χ0) is 27.4. The molecule has 3 aromatic carbocycles. The largest absolute Gasteiger partial charge is 0.497 e. The van der Waals surface area contributed by atoms with Crippen molar-refractivity contribution in [3.63, 3.8) is 0 Å². The first-order valence-electron chi connectivity index (χ1n) is 11.8. The first kappa shape index (κ1) is 30.6. The van der Waals surface area contributed by atoms with Crippen molar-refractivity contribution in [1.29, 1.82) is 0 Å². The van der Waals surface area contributed by atoms with Gasteiger partial charge in [-0.25, -0.2) is 18.0 Å². The Morgan fingerprint density at radius 2 is 1.19 bits per heavy atom. The fourth-order valence-electron chi connectivity index (χ4n) is 3.30. The quantitative estimate of drug-likeness (QED) is 0.326. The molecule has 0 saturated heterocycles. The number of nitrogens with zero attached hydrogens (tertiary/aromatic N) is 1. The summed E-state index contributed by atoms with van der Waals surface area (Å²) in [5.74, 6) is 0.627. The highest BCUT2D eigenvalue weighted by Gasteiger charge is 2.11. The van der Waals surface area contributed by atoms with Crippen LogP contribution in [0, 0.1) is 24.0 Å². The predicted octanol–water partition coefficient (Wildman–Crippen LogP) is 9.42. The SMILES string of the molecule is COc1ccc(C(C)C)c(F)c1.COc1cccc(C(C)C)c1F.[C-]#[N+]c1cccc(C(C)C)c1F. The van der Waals surface area contributed by atoms with Crippen LogP contribution in [0.2, 0.25) is 0 Å². The fraction of sp³-hybridized carbons (Fsp3) is 0.367. The van der Waals surface area contributed by atoms with Crippen LogP contribution in [0.1, 0.15) is 76.0 Å². The molecule has 0 radical (unpaired) electrons. The third-order valence-electron chi connectivity index (χ3n) is 5.42. The van der Waals surface area contributed by atoms with Gasteiger partial charge in [-0.15, -0.1) is 0 Å². The Bertz CT molecular complexity index is 1150. The molecule has 0 saturated carbocycles. The van der Waals surface area contributed by atoms with Crippen LogP contribution >= 0.6 is 0 Å². The molecule has 0 N–H and O–H groups in total. The zero-order valence-corrected chi connectivity index (χ0v) is 22.3. The van der Waals surface area contributed by atoms with Crippen LogP contribution in [0.15, 0.2) is 54.6 Å². The van der Waals surface area contributed by atoms with Crippen molar-refractivity contribution in [1.82, 2.24) is 0 Å². The van der Waals surface area contributed by atoms with Crippen LogP contribution in [-0.2, 0) is 0 Å². The van der Waals surface area contributed by atoms with Gasteiger partial charge in [-0.2, -0.15) is 0 Å². The fourth-order valence-corrected chi connectivity index (χ4v) is 3.30. The molecule has 0 bridgehead atoms. The van der Waals surface area contributed by atoms with Gasteiger partial charge in [-0.1, -0.05) is 77.9 Å². The zero-order valence-electron chi connectivity index (χ0n) is 22.3. The van der Waals surface area contributed by atoms with Crippen LogP contribution in [-0.4, -0.2) is 14.2 Å². The molecule has 0 heterocycles. The summed E-state index contributed by atoms with van der Waals surface area (Å²) in [6.07, 6.45) is 0. The molecule has 0 aliphatic carbocycles. The Hall–Kier alpha value is -3.46. The van der Waals surface area contributed by atoms with E-state index in [2.05, 4.69) is 4.85 Å². The first-order valence-corrected chi connectivity index (χ1v) is 11.8. The number of rotatable bonds is 5. The third kappa shape index (κ3) is 8.64. The van der Waals surface area contributed by atoms with Crippen LogP contribution in [0.3, 0.4) is 0 Å². The summed E-state index contributed by atoms with van der Waals surface area (Å²) >= 11 is 0. The summed E-state index contributed by atoms with van der Waals surface area (Å²) < 4.78 is 49.7. The van der Waals surface area contributed by atoms with Gasteiger partial charge in [-0.3, -0.25) is 0 Å². The number of hydrogen-bond acceptors (Lipinski definition) is 2. The number of halogens is 3. The second-order valence-corrected chi connectivity index (χ2v) is 9.01. The van der Waals surface area contributed by atoms with Gasteiger partial charge >= 0.3 is 0 Å². The normalized spacial score (nSPS) is 10.2. The molecule has 3 rings (SSSR count). The van der Waals surface area contributed by atoms with Gasteiger partial charge in [0, 0.05) is 6.07 Å². The number of ether oxygens (including phenoxy) is 2. The van der Waals surface area contributed by atoms with E-state index in [-0.39, 0.29) is 40.9 Å². The summed E-state index contributed by atoms with van der Waals surface area (Å²) in [5.41, 5.74) is 2.16. The molecular formula is C30H36F3NO2. The number of methoxy groups -OCH3 is 2. The van der Waals surface area contributed by atoms with Crippen molar-refractivity contribution in [3.8, 4) is 11.5 Å². The molecule has 0 aliphatic heterocycles. The Kier molecular flexibility index (Phi) is 12.6. The number of benzene rings is 3. The lowest BCUT2D eigenvalue weighted by molar-refractivity contribution is 0.383. The van der Waals surface area contributed by atoms with Crippen LogP contribution < -0.4 is 9.47 Å². The maximum Gasteiger partial charge on any atom is 0.222 e. The van der Waals surface area contributed by atoms with Gasteiger partial charge in [-0.05, 0) is 46.6 Å². The highest BCUT2D eigenvalue weighted by atomic mass is 19.1. The average Bonchev–Trinajstić information content (AvgIpc) is 2.84. The van der Waals surface area contributed by atoms with Gasteiger partial charge in [0.2, 0.25) is 5.69 Å². The highest BCUT2D eigenvalue weighted by Crippen LogP contribution is 2.27. The highest BCUT2D eigenvalue weighted by molar-refractivity contribution is 5.49. The number of hydrogen-bond donors (Lipinski definition) is 0. The minimum Gasteiger partial charge on any atom is -0.497 e. The third-order valence-corrected chi connectivity index (χ3v) is 5.42. The first-order chi connectivity index (χ1) is 17.0. The van der Waals surface area contributed by atoms with E-state index >= 15 is 0 Å². The van der Waals surface area contributed by atoms with Gasteiger partial charge in [0.25, 0.3) is 0 Å².